The number of carbonyl (C=O) groups excluding carboxylic acids is 1. The van der Waals surface area contributed by atoms with Crippen LogP contribution in [0.3, 0.4) is 0 Å². The molecule has 1 amide bonds. The molecule has 1 aliphatic heterocycles. The molecule has 1 aliphatic rings. The number of carbonyl (C=O) groups is 1. The summed E-state index contributed by atoms with van der Waals surface area (Å²) in [6, 6.07) is 5.43. The van der Waals surface area contributed by atoms with Gasteiger partial charge in [0, 0.05) is 24.7 Å². The van der Waals surface area contributed by atoms with E-state index in [1.54, 1.807) is 12.1 Å². The second-order valence-corrected chi connectivity index (χ2v) is 9.54. The Morgan fingerprint density at radius 2 is 1.68 bits per heavy atom. The minimum atomic E-state index is -3.79. The highest BCUT2D eigenvalue weighted by atomic mass is 35.5. The van der Waals surface area contributed by atoms with Gasteiger partial charge in [-0.25, -0.2) is 8.42 Å². The number of amides is 1. The van der Waals surface area contributed by atoms with Crippen molar-refractivity contribution in [3.63, 3.8) is 0 Å². The number of nitrogens with one attached hydrogen (secondary N) is 1. The monoisotopic (exact) mass is 430 g/mol. The fourth-order valence-electron chi connectivity index (χ4n) is 3.47. The zero-order valence-corrected chi connectivity index (χ0v) is 17.8. The minimum absolute atomic E-state index is 0.164. The van der Waals surface area contributed by atoms with Gasteiger partial charge in [0.05, 0.1) is 4.90 Å². The van der Waals surface area contributed by atoms with Crippen LogP contribution in [-0.2, 0) is 14.8 Å². The molecule has 1 aromatic rings. The molecule has 6 nitrogen and oxygen atoms in total. The van der Waals surface area contributed by atoms with Crippen LogP contribution in [0.2, 0.25) is 5.02 Å². The molecule has 158 valence electrons. The highest BCUT2D eigenvalue weighted by Gasteiger charge is 2.35. The van der Waals surface area contributed by atoms with Crippen LogP contribution < -0.4 is 5.32 Å². The lowest BCUT2D eigenvalue weighted by Gasteiger charge is -2.29. The second kappa shape index (κ2) is 11.8. The Morgan fingerprint density at radius 1 is 1.04 bits per heavy atom. The van der Waals surface area contributed by atoms with E-state index in [1.807, 2.05) is 0 Å². The Labute approximate surface area is 173 Å². The van der Waals surface area contributed by atoms with Crippen LogP contribution in [0.15, 0.2) is 29.2 Å². The van der Waals surface area contributed by atoms with Gasteiger partial charge in [0.1, 0.15) is 6.04 Å². The van der Waals surface area contributed by atoms with E-state index in [1.165, 1.54) is 16.4 Å². The summed E-state index contributed by atoms with van der Waals surface area (Å²) >= 11 is 5.90. The molecule has 1 aromatic carbocycles. The van der Waals surface area contributed by atoms with Gasteiger partial charge < -0.3 is 10.4 Å². The lowest BCUT2D eigenvalue weighted by atomic mass is 10.1. The summed E-state index contributed by atoms with van der Waals surface area (Å²) in [7, 11) is -3.79. The maximum atomic E-state index is 13.3. The van der Waals surface area contributed by atoms with E-state index in [2.05, 4.69) is 5.32 Å². The van der Waals surface area contributed by atoms with Crippen LogP contribution in [0.4, 0.5) is 0 Å². The fraction of sp³-hybridized carbons (Fsp3) is 0.650. The Balaban J connectivity index is 2.11. The summed E-state index contributed by atoms with van der Waals surface area (Å²) in [6.07, 6.45) is 7.62. The van der Waals surface area contributed by atoms with Crippen molar-refractivity contribution in [1.29, 1.82) is 0 Å². The van der Waals surface area contributed by atoms with Gasteiger partial charge in [0.15, 0.2) is 0 Å². The first-order chi connectivity index (χ1) is 13.5. The van der Waals surface area contributed by atoms with Crippen molar-refractivity contribution >= 4 is 27.5 Å². The third kappa shape index (κ3) is 6.72. The Morgan fingerprint density at radius 3 is 2.36 bits per heavy atom. The molecule has 2 N–H and O–H groups in total. The molecule has 0 aromatic heterocycles. The average Bonchev–Trinajstić information content (AvgIpc) is 2.88. The van der Waals surface area contributed by atoms with Crippen molar-refractivity contribution in [3.8, 4) is 0 Å². The minimum Gasteiger partial charge on any atom is -0.396 e. The molecule has 0 bridgehead atoms. The van der Waals surface area contributed by atoms with E-state index in [-0.39, 0.29) is 17.4 Å². The quantitative estimate of drug-likeness (QED) is 0.527. The second-order valence-electron chi connectivity index (χ2n) is 7.22. The van der Waals surface area contributed by atoms with E-state index >= 15 is 0 Å². The third-order valence-electron chi connectivity index (χ3n) is 5.06. The zero-order chi connectivity index (χ0) is 20.4. The molecule has 28 heavy (non-hydrogen) atoms. The molecule has 0 saturated carbocycles. The van der Waals surface area contributed by atoms with Crippen molar-refractivity contribution in [3.05, 3.63) is 29.3 Å². The molecule has 1 saturated heterocycles. The highest BCUT2D eigenvalue weighted by Crippen LogP contribution is 2.24. The Bertz CT molecular complexity index is 709. The van der Waals surface area contributed by atoms with Crippen molar-refractivity contribution in [2.75, 3.05) is 19.7 Å². The summed E-state index contributed by atoms with van der Waals surface area (Å²) in [5.74, 6) is -0.210. The van der Waals surface area contributed by atoms with Gasteiger partial charge >= 0.3 is 0 Å². The predicted octanol–water partition coefficient (Wildman–Crippen LogP) is 3.33. The van der Waals surface area contributed by atoms with Gasteiger partial charge in [0.25, 0.3) is 0 Å². The number of hydrogen-bond donors (Lipinski definition) is 2. The van der Waals surface area contributed by atoms with E-state index in [4.69, 9.17) is 16.7 Å². The summed E-state index contributed by atoms with van der Waals surface area (Å²) in [5, 5.41) is 12.1. The molecule has 8 heteroatoms. The zero-order valence-electron chi connectivity index (χ0n) is 16.3. The molecule has 0 unspecified atom stereocenters. The first kappa shape index (κ1) is 23.1. The van der Waals surface area contributed by atoms with Crippen LogP contribution in [0.5, 0.6) is 0 Å². The van der Waals surface area contributed by atoms with E-state index in [9.17, 15) is 13.2 Å². The van der Waals surface area contributed by atoms with Crippen molar-refractivity contribution in [2.45, 2.75) is 68.7 Å². The van der Waals surface area contributed by atoms with Gasteiger partial charge in [-0.2, -0.15) is 4.31 Å². The average molecular weight is 431 g/mol. The number of nitrogens with zero attached hydrogens (tertiary/aromatic N) is 1. The van der Waals surface area contributed by atoms with E-state index in [0.29, 0.717) is 31.0 Å². The van der Waals surface area contributed by atoms with Crippen LogP contribution in [0.25, 0.3) is 0 Å². The van der Waals surface area contributed by atoms with Crippen molar-refractivity contribution < 1.29 is 18.3 Å². The van der Waals surface area contributed by atoms with Gasteiger partial charge in [-0.05, 0) is 56.4 Å². The van der Waals surface area contributed by atoms with Gasteiger partial charge in [-0.15, -0.1) is 0 Å². The largest absolute Gasteiger partial charge is 0.396 e. The maximum Gasteiger partial charge on any atom is 0.243 e. The lowest BCUT2D eigenvalue weighted by molar-refractivity contribution is -0.124. The number of aliphatic hydroxyl groups is 1. The standard InChI is InChI=1S/C20H31ClN2O4S/c21-17-10-12-18(13-11-17)28(26,27)23(15-7-3-1-2-4-8-16-24)19-9-5-6-14-22-20(19)25/h10-13,19,24H,1-9,14-16H2,(H,22,25)/t19-/m1/s1. The SMILES string of the molecule is O=C1NCCCC[C@H]1N(CCCCCCCCO)S(=O)(=O)c1ccc(Cl)cc1. The smallest absolute Gasteiger partial charge is 0.243 e. The molecule has 0 radical (unpaired) electrons. The number of benzene rings is 1. The summed E-state index contributed by atoms with van der Waals surface area (Å²) in [6.45, 7) is 1.13. The number of aliphatic hydroxyl groups excluding tert-OH is 1. The summed E-state index contributed by atoms with van der Waals surface area (Å²) in [5.41, 5.74) is 0. The molecule has 1 heterocycles. The van der Waals surface area contributed by atoms with Gasteiger partial charge in [-0.1, -0.05) is 37.3 Å². The summed E-state index contributed by atoms with van der Waals surface area (Å²) < 4.78 is 27.9. The number of unbranched alkanes of at least 4 members (excludes halogenated alkanes) is 5. The van der Waals surface area contributed by atoms with Crippen molar-refractivity contribution in [2.24, 2.45) is 0 Å². The molecular formula is C20H31ClN2O4S. The summed E-state index contributed by atoms with van der Waals surface area (Å²) in [4.78, 5) is 12.7. The first-order valence-corrected chi connectivity index (χ1v) is 11.9. The Hall–Kier alpha value is -1.15. The van der Waals surface area contributed by atoms with E-state index in [0.717, 1.165) is 44.9 Å². The topological polar surface area (TPSA) is 86.7 Å². The van der Waals surface area contributed by atoms with Crippen LogP contribution in [0.1, 0.15) is 57.8 Å². The normalized spacial score (nSPS) is 18.1. The fourth-order valence-corrected chi connectivity index (χ4v) is 5.25. The number of halogens is 1. The highest BCUT2D eigenvalue weighted by molar-refractivity contribution is 7.89. The molecule has 2 rings (SSSR count). The first-order valence-electron chi connectivity index (χ1n) is 10.1. The van der Waals surface area contributed by atoms with Gasteiger partial charge in [-0.3, -0.25) is 4.79 Å². The number of rotatable bonds is 11. The predicted molar refractivity (Wildman–Crippen MR) is 111 cm³/mol. The maximum absolute atomic E-state index is 13.3. The Kier molecular flexibility index (Phi) is 9.71. The van der Waals surface area contributed by atoms with Crippen LogP contribution in [-0.4, -0.2) is 49.5 Å². The number of hydrogen-bond acceptors (Lipinski definition) is 4. The molecule has 0 aliphatic carbocycles. The van der Waals surface area contributed by atoms with E-state index < -0.39 is 16.1 Å². The molecule has 1 atom stereocenters. The van der Waals surface area contributed by atoms with Crippen molar-refractivity contribution in [1.82, 2.24) is 9.62 Å². The molecule has 0 spiro atoms. The van der Waals surface area contributed by atoms with Crippen LogP contribution >= 0.6 is 11.6 Å². The van der Waals surface area contributed by atoms with Gasteiger partial charge in [0.2, 0.25) is 15.9 Å². The molecule has 1 fully saturated rings. The third-order valence-corrected chi connectivity index (χ3v) is 7.24. The lowest BCUT2D eigenvalue weighted by Crippen LogP contribution is -2.49. The number of sulfonamides is 1. The van der Waals surface area contributed by atoms with Crippen LogP contribution in [0, 0.1) is 0 Å². The molecular weight excluding hydrogens is 400 g/mol.